The maximum atomic E-state index is 12.3. The predicted molar refractivity (Wildman–Crippen MR) is 70.7 cm³/mol. The molecule has 0 aliphatic rings. The molecule has 0 saturated heterocycles. The number of hydrogen-bond donors (Lipinski definition) is 1. The molecule has 0 bridgehead atoms. The molecule has 1 aromatic heterocycles. The minimum absolute atomic E-state index is 0. The summed E-state index contributed by atoms with van der Waals surface area (Å²) in [4.78, 5) is 15.5. The van der Waals surface area contributed by atoms with E-state index in [1.807, 2.05) is 36.4 Å². The Hall–Kier alpha value is -2.29. The number of ether oxygens (including phenoxy) is 1. The van der Waals surface area contributed by atoms with Crippen LogP contribution in [-0.2, 0) is 0 Å². The van der Waals surface area contributed by atoms with Gasteiger partial charge in [-0.1, -0.05) is 12.1 Å². The fourth-order valence-corrected chi connectivity index (χ4v) is 2.03. The zero-order valence-corrected chi connectivity index (χ0v) is 9.36. The second kappa shape index (κ2) is 3.63. The molecule has 3 aromatic rings. The first-order chi connectivity index (χ1) is 8.29. The van der Waals surface area contributed by atoms with E-state index in [0.29, 0.717) is 16.5 Å². The lowest BCUT2D eigenvalue weighted by Gasteiger charge is -2.04. The highest BCUT2D eigenvalue weighted by Crippen LogP contribution is 2.19. The lowest BCUT2D eigenvalue weighted by molar-refractivity contribution is 0.415. The normalized spacial score (nSPS) is 10.9. The molecule has 3 heteroatoms. The van der Waals surface area contributed by atoms with Crippen molar-refractivity contribution in [2.45, 2.75) is 0 Å². The Morgan fingerprint density at radius 3 is 2.65 bits per heavy atom. The van der Waals surface area contributed by atoms with Gasteiger partial charge >= 0.3 is 0 Å². The van der Waals surface area contributed by atoms with Crippen LogP contribution in [0.5, 0.6) is 5.75 Å². The quantitative estimate of drug-likeness (QED) is 0.649. The van der Waals surface area contributed by atoms with Gasteiger partial charge in [0.05, 0.1) is 12.6 Å². The van der Waals surface area contributed by atoms with Crippen molar-refractivity contribution in [3.8, 4) is 5.75 Å². The Labute approximate surface area is 99.1 Å². The molecule has 1 heterocycles. The van der Waals surface area contributed by atoms with Crippen LogP contribution in [0.1, 0.15) is 1.43 Å². The fourth-order valence-electron chi connectivity index (χ4n) is 2.03. The molecule has 0 radical (unpaired) electrons. The molecule has 3 rings (SSSR count). The van der Waals surface area contributed by atoms with E-state index in [2.05, 4.69) is 4.98 Å². The van der Waals surface area contributed by atoms with Crippen LogP contribution in [0.3, 0.4) is 0 Å². The molecule has 0 atom stereocenters. The van der Waals surface area contributed by atoms with Crippen LogP contribution in [-0.4, -0.2) is 12.1 Å². The van der Waals surface area contributed by atoms with Gasteiger partial charge in [0.1, 0.15) is 5.75 Å². The number of H-pyrrole nitrogens is 1. The van der Waals surface area contributed by atoms with E-state index in [4.69, 9.17) is 4.74 Å². The van der Waals surface area contributed by atoms with Crippen LogP contribution in [0, 0.1) is 0 Å². The summed E-state index contributed by atoms with van der Waals surface area (Å²) in [6.45, 7) is 0. The smallest absolute Gasteiger partial charge is 0.197 e. The molecule has 17 heavy (non-hydrogen) atoms. The predicted octanol–water partition coefficient (Wildman–Crippen LogP) is 2.94. The average Bonchev–Trinajstić information content (AvgIpc) is 2.39. The van der Waals surface area contributed by atoms with Crippen molar-refractivity contribution in [1.82, 2.24) is 4.98 Å². The van der Waals surface area contributed by atoms with Crippen molar-refractivity contribution in [3.63, 3.8) is 0 Å². The maximum Gasteiger partial charge on any atom is 0.197 e. The van der Waals surface area contributed by atoms with Gasteiger partial charge in [-0.3, -0.25) is 4.79 Å². The van der Waals surface area contributed by atoms with Crippen molar-refractivity contribution in [2.75, 3.05) is 7.11 Å². The van der Waals surface area contributed by atoms with Gasteiger partial charge in [0.15, 0.2) is 5.43 Å². The highest BCUT2D eigenvalue weighted by molar-refractivity contribution is 5.92. The van der Waals surface area contributed by atoms with Gasteiger partial charge in [-0.2, -0.15) is 0 Å². The number of aromatic amines is 1. The molecule has 86 valence electrons. The van der Waals surface area contributed by atoms with Crippen LogP contribution in [0.25, 0.3) is 21.8 Å². The molecule has 0 spiro atoms. The Morgan fingerprint density at radius 1 is 1.06 bits per heavy atom. The third-order valence-electron chi connectivity index (χ3n) is 2.91. The van der Waals surface area contributed by atoms with Crippen molar-refractivity contribution in [2.24, 2.45) is 0 Å². The first kappa shape index (κ1) is 9.90. The van der Waals surface area contributed by atoms with Crippen LogP contribution >= 0.6 is 0 Å². The minimum Gasteiger partial charge on any atom is -0.497 e. The van der Waals surface area contributed by atoms with E-state index in [0.717, 1.165) is 11.0 Å². The van der Waals surface area contributed by atoms with E-state index >= 15 is 0 Å². The first-order valence-electron chi connectivity index (χ1n) is 5.38. The maximum absolute atomic E-state index is 12.3. The Balaban J connectivity index is 0.00000120. The van der Waals surface area contributed by atoms with Crippen LogP contribution in [0.15, 0.2) is 47.3 Å². The minimum atomic E-state index is 0. The van der Waals surface area contributed by atoms with E-state index in [9.17, 15) is 4.79 Å². The molecular weight excluding hydrogens is 214 g/mol. The monoisotopic (exact) mass is 227 g/mol. The van der Waals surface area contributed by atoms with Gasteiger partial charge in [0.2, 0.25) is 0 Å². The van der Waals surface area contributed by atoms with E-state index < -0.39 is 0 Å². The van der Waals surface area contributed by atoms with Crippen molar-refractivity contribution in [3.05, 3.63) is 52.7 Å². The third kappa shape index (κ3) is 1.47. The van der Waals surface area contributed by atoms with Gasteiger partial charge in [0.25, 0.3) is 0 Å². The number of aromatic nitrogens is 1. The van der Waals surface area contributed by atoms with Crippen molar-refractivity contribution >= 4 is 21.8 Å². The molecule has 0 aliphatic heterocycles. The summed E-state index contributed by atoms with van der Waals surface area (Å²) in [5.74, 6) is 0.693. The zero-order valence-electron chi connectivity index (χ0n) is 9.36. The first-order valence-corrected chi connectivity index (χ1v) is 5.38. The summed E-state index contributed by atoms with van der Waals surface area (Å²) in [7, 11) is 1.59. The van der Waals surface area contributed by atoms with Gasteiger partial charge in [-0.25, -0.2) is 0 Å². The lowest BCUT2D eigenvalue weighted by atomic mass is 10.1. The Bertz CT molecular complexity index is 764. The molecule has 0 fully saturated rings. The molecular formula is C14H13NO2. The van der Waals surface area contributed by atoms with Crippen LogP contribution < -0.4 is 10.2 Å². The van der Waals surface area contributed by atoms with E-state index in [1.165, 1.54) is 0 Å². The van der Waals surface area contributed by atoms with Gasteiger partial charge in [-0.15, -0.1) is 0 Å². The number of pyridine rings is 1. The molecule has 3 nitrogen and oxygen atoms in total. The van der Waals surface area contributed by atoms with Crippen LogP contribution in [0.2, 0.25) is 0 Å². The summed E-state index contributed by atoms with van der Waals surface area (Å²) in [5, 5.41) is 1.36. The molecule has 0 amide bonds. The number of methoxy groups -OCH3 is 1. The molecule has 2 aromatic carbocycles. The highest BCUT2D eigenvalue weighted by Gasteiger charge is 2.05. The van der Waals surface area contributed by atoms with E-state index in [1.54, 1.807) is 13.2 Å². The summed E-state index contributed by atoms with van der Waals surface area (Å²) in [6, 6.07) is 13.0. The Morgan fingerprint density at radius 2 is 1.82 bits per heavy atom. The van der Waals surface area contributed by atoms with Gasteiger partial charge in [-0.05, 0) is 30.3 Å². The Kier molecular flexibility index (Phi) is 2.11. The zero-order chi connectivity index (χ0) is 11.8. The topological polar surface area (TPSA) is 42.1 Å². The number of fused-ring (bicyclic) bond motifs is 2. The van der Waals surface area contributed by atoms with Gasteiger partial charge < -0.3 is 9.72 Å². The number of benzene rings is 2. The number of para-hydroxylation sites is 1. The molecule has 0 unspecified atom stereocenters. The summed E-state index contributed by atoms with van der Waals surface area (Å²) < 4.78 is 5.14. The lowest BCUT2D eigenvalue weighted by Crippen LogP contribution is -2.04. The highest BCUT2D eigenvalue weighted by atomic mass is 16.5. The fraction of sp³-hybridized carbons (Fsp3) is 0.0714. The van der Waals surface area contributed by atoms with Crippen molar-refractivity contribution < 1.29 is 6.16 Å². The molecule has 0 saturated carbocycles. The second-order valence-electron chi connectivity index (χ2n) is 3.91. The number of rotatable bonds is 1. The van der Waals surface area contributed by atoms with Crippen LogP contribution in [0.4, 0.5) is 0 Å². The SMILES string of the molecule is COc1ccc2[nH]c3ccccc3c(=O)c2c1.[HH]. The molecule has 0 aliphatic carbocycles. The second-order valence-corrected chi connectivity index (χ2v) is 3.91. The summed E-state index contributed by atoms with van der Waals surface area (Å²) in [5.41, 5.74) is 1.72. The summed E-state index contributed by atoms with van der Waals surface area (Å²) in [6.07, 6.45) is 0. The molecule has 1 N–H and O–H groups in total. The number of hydrogen-bond acceptors (Lipinski definition) is 2. The summed E-state index contributed by atoms with van der Waals surface area (Å²) >= 11 is 0. The van der Waals surface area contributed by atoms with Gasteiger partial charge in [0, 0.05) is 17.7 Å². The standard InChI is InChI=1S/C14H11NO2.H2/c1-17-9-6-7-13-11(8-9)14(16)10-4-2-3-5-12(10)15-13;/h2-8H,1H3,(H,15,16);1H. The van der Waals surface area contributed by atoms with Crippen molar-refractivity contribution in [1.29, 1.82) is 0 Å². The van der Waals surface area contributed by atoms with E-state index in [-0.39, 0.29) is 6.86 Å². The third-order valence-corrected chi connectivity index (χ3v) is 2.91. The average molecular weight is 227 g/mol. The number of nitrogens with one attached hydrogen (secondary N) is 1. The largest absolute Gasteiger partial charge is 0.497 e.